The van der Waals surface area contributed by atoms with Crippen LogP contribution >= 0.6 is 0 Å². The van der Waals surface area contributed by atoms with Crippen LogP contribution in [0.15, 0.2) is 53.1 Å². The van der Waals surface area contributed by atoms with Crippen molar-refractivity contribution in [3.05, 3.63) is 60.2 Å². The third kappa shape index (κ3) is 4.19. The molecular weight excluding hydrogens is 394 g/mol. The van der Waals surface area contributed by atoms with Crippen LogP contribution in [0, 0.1) is 0 Å². The van der Waals surface area contributed by atoms with Crippen molar-refractivity contribution in [1.29, 1.82) is 0 Å². The molecule has 1 unspecified atom stereocenters. The number of benzene rings is 1. The molecule has 9 heteroatoms. The number of nitrogens with zero attached hydrogens (tertiary/aromatic N) is 2. The van der Waals surface area contributed by atoms with Gasteiger partial charge in [-0.1, -0.05) is 0 Å². The van der Waals surface area contributed by atoms with Crippen LogP contribution in [0.5, 0.6) is 5.75 Å². The maximum atomic E-state index is 12.6. The molecule has 1 fully saturated rings. The molecule has 1 N–H and O–H groups in total. The maximum absolute atomic E-state index is 12.6. The predicted molar refractivity (Wildman–Crippen MR) is 106 cm³/mol. The highest BCUT2D eigenvalue weighted by Crippen LogP contribution is 2.31. The van der Waals surface area contributed by atoms with E-state index in [0.717, 1.165) is 5.56 Å². The Morgan fingerprint density at radius 3 is 2.72 bits per heavy atom. The fraction of sp³-hybridized carbons (Fsp3) is 0.300. The highest BCUT2D eigenvalue weighted by molar-refractivity contribution is 7.91. The number of aromatic nitrogens is 2. The van der Waals surface area contributed by atoms with E-state index in [-0.39, 0.29) is 35.7 Å². The van der Waals surface area contributed by atoms with Crippen molar-refractivity contribution in [3.8, 4) is 17.0 Å². The first-order valence-corrected chi connectivity index (χ1v) is 11.0. The monoisotopic (exact) mass is 415 g/mol. The first-order valence-electron chi connectivity index (χ1n) is 9.20. The summed E-state index contributed by atoms with van der Waals surface area (Å²) in [6, 6.07) is 12.3. The lowest BCUT2D eigenvalue weighted by molar-refractivity contribution is 0.0942. The Bertz CT molecular complexity index is 1100. The number of nitrogens with one attached hydrogen (secondary N) is 1. The third-order valence-electron chi connectivity index (χ3n) is 4.91. The highest BCUT2D eigenvalue weighted by atomic mass is 32.2. The van der Waals surface area contributed by atoms with Gasteiger partial charge in [0, 0.05) is 5.56 Å². The Kier molecular flexibility index (Phi) is 5.14. The molecule has 1 aliphatic rings. The van der Waals surface area contributed by atoms with Crippen LogP contribution in [0.4, 0.5) is 0 Å². The van der Waals surface area contributed by atoms with E-state index in [2.05, 4.69) is 10.4 Å². The van der Waals surface area contributed by atoms with Crippen LogP contribution in [0.1, 0.15) is 28.7 Å². The van der Waals surface area contributed by atoms with Gasteiger partial charge in [-0.25, -0.2) is 8.42 Å². The Morgan fingerprint density at radius 2 is 2.10 bits per heavy atom. The van der Waals surface area contributed by atoms with Crippen LogP contribution in [0.3, 0.4) is 0 Å². The number of amides is 1. The standard InChI is InChI=1S/C20H21N3O5S/c1-27-16-6-4-14(5-7-16)19-11-18(20(24)21-12-17-3-2-9-28-17)22-23(19)15-8-10-29(25,26)13-15/h2-7,9,11,15H,8,10,12-13H2,1H3,(H,21,24). The number of carbonyl (C=O) groups excluding carboxylic acids is 1. The minimum Gasteiger partial charge on any atom is -0.497 e. The van der Waals surface area contributed by atoms with Crippen molar-refractivity contribution < 1.29 is 22.4 Å². The summed E-state index contributed by atoms with van der Waals surface area (Å²) in [6.45, 7) is 0.244. The number of sulfone groups is 1. The van der Waals surface area contributed by atoms with Gasteiger partial charge in [-0.05, 0) is 48.9 Å². The SMILES string of the molecule is COc1ccc(-c2cc(C(=O)NCc3ccco3)nn2C2CCS(=O)(=O)C2)cc1. The Hall–Kier alpha value is -3.07. The van der Waals surface area contributed by atoms with E-state index in [4.69, 9.17) is 9.15 Å². The molecule has 1 amide bonds. The highest BCUT2D eigenvalue weighted by Gasteiger charge is 2.32. The van der Waals surface area contributed by atoms with Crippen LogP contribution in [0.25, 0.3) is 11.3 Å². The number of methoxy groups -OCH3 is 1. The quantitative estimate of drug-likeness (QED) is 0.663. The largest absolute Gasteiger partial charge is 0.497 e. The van der Waals surface area contributed by atoms with E-state index in [1.165, 1.54) is 0 Å². The second-order valence-electron chi connectivity index (χ2n) is 6.91. The molecule has 0 bridgehead atoms. The molecule has 29 heavy (non-hydrogen) atoms. The average Bonchev–Trinajstić information content (AvgIpc) is 3.45. The van der Waals surface area contributed by atoms with E-state index in [9.17, 15) is 13.2 Å². The fourth-order valence-electron chi connectivity index (χ4n) is 3.40. The minimum absolute atomic E-state index is 0.0191. The summed E-state index contributed by atoms with van der Waals surface area (Å²) >= 11 is 0. The van der Waals surface area contributed by atoms with Crippen molar-refractivity contribution in [2.45, 2.75) is 19.0 Å². The molecule has 1 aromatic carbocycles. The summed E-state index contributed by atoms with van der Waals surface area (Å²) in [5, 5.41) is 7.23. The first kappa shape index (κ1) is 19.3. The molecule has 1 aliphatic heterocycles. The molecule has 0 radical (unpaired) electrons. The smallest absolute Gasteiger partial charge is 0.272 e. The molecule has 0 saturated carbocycles. The van der Waals surface area contributed by atoms with Gasteiger partial charge in [-0.2, -0.15) is 5.10 Å². The van der Waals surface area contributed by atoms with Gasteiger partial charge in [-0.15, -0.1) is 0 Å². The topological polar surface area (TPSA) is 103 Å². The number of carbonyl (C=O) groups is 1. The minimum atomic E-state index is -3.10. The molecule has 4 rings (SSSR count). The molecule has 1 atom stereocenters. The van der Waals surface area contributed by atoms with Gasteiger partial charge in [0.15, 0.2) is 15.5 Å². The summed E-state index contributed by atoms with van der Waals surface area (Å²) in [5.74, 6) is 1.13. The maximum Gasteiger partial charge on any atom is 0.272 e. The fourth-order valence-corrected chi connectivity index (χ4v) is 5.09. The number of rotatable bonds is 6. The summed E-state index contributed by atoms with van der Waals surface area (Å²) < 4.78 is 36.0. The second kappa shape index (κ2) is 7.75. The van der Waals surface area contributed by atoms with Crippen LogP contribution in [-0.4, -0.2) is 42.7 Å². The first-order chi connectivity index (χ1) is 13.9. The summed E-state index contributed by atoms with van der Waals surface area (Å²) in [7, 11) is -1.51. The van der Waals surface area contributed by atoms with Crippen LogP contribution < -0.4 is 10.1 Å². The lowest BCUT2D eigenvalue weighted by atomic mass is 10.1. The average molecular weight is 415 g/mol. The summed E-state index contributed by atoms with van der Waals surface area (Å²) in [4.78, 5) is 12.6. The summed E-state index contributed by atoms with van der Waals surface area (Å²) in [6.07, 6.45) is 2.01. The van der Waals surface area contributed by atoms with Gasteiger partial charge in [0.2, 0.25) is 0 Å². The van der Waals surface area contributed by atoms with Crippen LogP contribution in [0.2, 0.25) is 0 Å². The normalized spacial score (nSPS) is 17.9. The molecule has 0 spiro atoms. The van der Waals surface area contributed by atoms with Crippen molar-refractivity contribution in [2.24, 2.45) is 0 Å². The van der Waals surface area contributed by atoms with Crippen molar-refractivity contribution in [3.63, 3.8) is 0 Å². The lowest BCUT2D eigenvalue weighted by Crippen LogP contribution is -2.23. The zero-order valence-electron chi connectivity index (χ0n) is 15.9. The van der Waals surface area contributed by atoms with Gasteiger partial charge in [-0.3, -0.25) is 9.48 Å². The number of hydrogen-bond donors (Lipinski definition) is 1. The van der Waals surface area contributed by atoms with E-state index < -0.39 is 9.84 Å². The van der Waals surface area contributed by atoms with Crippen LogP contribution in [-0.2, 0) is 16.4 Å². The Morgan fingerprint density at radius 1 is 1.31 bits per heavy atom. The van der Waals surface area contributed by atoms with E-state index in [0.29, 0.717) is 23.6 Å². The molecule has 3 heterocycles. The Balaban J connectivity index is 1.65. The van der Waals surface area contributed by atoms with Gasteiger partial charge in [0.1, 0.15) is 11.5 Å². The Labute approximate surface area is 168 Å². The molecule has 152 valence electrons. The number of hydrogen-bond acceptors (Lipinski definition) is 6. The molecule has 1 saturated heterocycles. The van der Waals surface area contributed by atoms with E-state index in [1.807, 2.05) is 24.3 Å². The van der Waals surface area contributed by atoms with Gasteiger partial charge in [0.25, 0.3) is 5.91 Å². The lowest BCUT2D eigenvalue weighted by Gasteiger charge is -2.13. The van der Waals surface area contributed by atoms with E-state index >= 15 is 0 Å². The molecule has 8 nitrogen and oxygen atoms in total. The zero-order chi connectivity index (χ0) is 20.4. The van der Waals surface area contributed by atoms with Crippen molar-refractivity contribution in [1.82, 2.24) is 15.1 Å². The second-order valence-corrected chi connectivity index (χ2v) is 9.14. The number of furan rings is 1. The third-order valence-corrected chi connectivity index (χ3v) is 6.66. The zero-order valence-corrected chi connectivity index (χ0v) is 16.7. The van der Waals surface area contributed by atoms with E-state index in [1.54, 1.807) is 36.3 Å². The van der Waals surface area contributed by atoms with Crippen molar-refractivity contribution >= 4 is 15.7 Å². The van der Waals surface area contributed by atoms with Gasteiger partial charge < -0.3 is 14.5 Å². The molecule has 3 aromatic rings. The number of ether oxygens (including phenoxy) is 1. The summed E-state index contributed by atoms with van der Waals surface area (Å²) in [5.41, 5.74) is 1.75. The molecule has 2 aromatic heterocycles. The molecule has 0 aliphatic carbocycles. The molecular formula is C20H21N3O5S. The predicted octanol–water partition coefficient (Wildman–Crippen LogP) is 2.44. The van der Waals surface area contributed by atoms with Crippen molar-refractivity contribution in [2.75, 3.05) is 18.6 Å². The van der Waals surface area contributed by atoms with Gasteiger partial charge in [0.05, 0.1) is 43.2 Å². The van der Waals surface area contributed by atoms with Gasteiger partial charge >= 0.3 is 0 Å².